The van der Waals surface area contributed by atoms with E-state index in [0.717, 1.165) is 28.6 Å². The summed E-state index contributed by atoms with van der Waals surface area (Å²) in [5.74, 6) is -1.61. The van der Waals surface area contributed by atoms with Crippen LogP contribution in [0.2, 0.25) is 0 Å². The van der Waals surface area contributed by atoms with Gasteiger partial charge in [0.05, 0.1) is 12.7 Å². The van der Waals surface area contributed by atoms with Crippen molar-refractivity contribution < 1.29 is 26.7 Å². The molecule has 9 heteroatoms. The number of fused-ring (bicyclic) bond motifs is 3. The van der Waals surface area contributed by atoms with Crippen molar-refractivity contribution in [1.82, 2.24) is 14.8 Å². The van der Waals surface area contributed by atoms with Crippen molar-refractivity contribution in [2.45, 2.75) is 50.5 Å². The van der Waals surface area contributed by atoms with Crippen LogP contribution in [-0.4, -0.2) is 72.1 Å². The van der Waals surface area contributed by atoms with Crippen LogP contribution in [0.3, 0.4) is 0 Å². The molecule has 1 fully saturated rings. The molecule has 3 heterocycles. The van der Waals surface area contributed by atoms with Crippen molar-refractivity contribution in [3.63, 3.8) is 0 Å². The standard InChI is InChI=1S/C28H32F5N3O/c1-28(2,33)16-36-17(13-30)10-21-20-6-3-4-7-24(20)34-26(21)27(36)25-22(31)11-18(12-23(25)32)37-19-14-35(15-19)9-5-8-29/h3-4,6-7,11-12,17,19,27,34H,5,8-10,13-16H2,1-2H3/t17-,27+/m0/s1. The van der Waals surface area contributed by atoms with Crippen molar-refractivity contribution in [3.05, 3.63) is 64.9 Å². The zero-order valence-corrected chi connectivity index (χ0v) is 21.0. The predicted molar refractivity (Wildman–Crippen MR) is 133 cm³/mol. The monoisotopic (exact) mass is 521 g/mol. The number of halogens is 5. The molecule has 4 nitrogen and oxygen atoms in total. The molecule has 1 saturated heterocycles. The molecule has 2 aliphatic heterocycles. The molecule has 0 radical (unpaired) electrons. The number of alkyl halides is 3. The molecule has 0 bridgehead atoms. The molecule has 0 spiro atoms. The van der Waals surface area contributed by atoms with E-state index in [1.807, 2.05) is 29.2 Å². The number of likely N-dealkylation sites (tertiary alicyclic amines) is 1. The first-order valence-corrected chi connectivity index (χ1v) is 12.7. The lowest BCUT2D eigenvalue weighted by Gasteiger charge is -2.43. The summed E-state index contributed by atoms with van der Waals surface area (Å²) >= 11 is 0. The number of hydrogen-bond acceptors (Lipinski definition) is 3. The third kappa shape index (κ3) is 5.21. The number of hydrogen-bond donors (Lipinski definition) is 1. The Morgan fingerprint density at radius 3 is 2.43 bits per heavy atom. The van der Waals surface area contributed by atoms with E-state index < -0.39 is 36.1 Å². The van der Waals surface area contributed by atoms with Crippen LogP contribution >= 0.6 is 0 Å². The van der Waals surface area contributed by atoms with Gasteiger partial charge in [-0.1, -0.05) is 18.2 Å². The summed E-state index contributed by atoms with van der Waals surface area (Å²) in [7, 11) is 0. The van der Waals surface area contributed by atoms with Crippen LogP contribution < -0.4 is 4.74 Å². The summed E-state index contributed by atoms with van der Waals surface area (Å²) in [5.41, 5.74) is 0.131. The Morgan fingerprint density at radius 1 is 1.08 bits per heavy atom. The van der Waals surface area contributed by atoms with Gasteiger partial charge in [-0.05, 0) is 38.3 Å². The van der Waals surface area contributed by atoms with Gasteiger partial charge in [0.15, 0.2) is 0 Å². The second kappa shape index (κ2) is 10.3. The molecule has 1 aromatic heterocycles. The van der Waals surface area contributed by atoms with Gasteiger partial charge in [-0.25, -0.2) is 17.6 Å². The van der Waals surface area contributed by atoms with Crippen molar-refractivity contribution in [3.8, 4) is 5.75 Å². The molecule has 0 aliphatic carbocycles. The summed E-state index contributed by atoms with van der Waals surface area (Å²) < 4.78 is 78.8. The van der Waals surface area contributed by atoms with Crippen molar-refractivity contribution in [2.75, 3.05) is 39.5 Å². The molecule has 0 unspecified atom stereocenters. The fourth-order valence-electron chi connectivity index (χ4n) is 5.66. The SMILES string of the molecule is CC(C)(F)CN1[C@H](CF)Cc2c([nH]c3ccccc23)[C@H]1c1c(F)cc(OC2CN(CCCF)C2)cc1F. The van der Waals surface area contributed by atoms with Crippen LogP contribution in [0.1, 0.15) is 43.1 Å². The Morgan fingerprint density at radius 2 is 1.78 bits per heavy atom. The smallest absolute Gasteiger partial charge is 0.135 e. The van der Waals surface area contributed by atoms with E-state index in [-0.39, 0.29) is 30.6 Å². The average Bonchev–Trinajstić information content (AvgIpc) is 3.18. The Kier molecular flexibility index (Phi) is 7.20. The Labute approximate surface area is 213 Å². The van der Waals surface area contributed by atoms with Gasteiger partial charge in [0.2, 0.25) is 0 Å². The number of nitrogens with one attached hydrogen (secondary N) is 1. The quantitative estimate of drug-likeness (QED) is 0.356. The van der Waals surface area contributed by atoms with E-state index in [1.165, 1.54) is 18.7 Å². The topological polar surface area (TPSA) is 31.5 Å². The number of benzene rings is 2. The summed E-state index contributed by atoms with van der Waals surface area (Å²) in [5, 5.41) is 0.864. The molecule has 37 heavy (non-hydrogen) atoms. The van der Waals surface area contributed by atoms with Gasteiger partial charge in [0.1, 0.15) is 35.8 Å². The molecule has 200 valence electrons. The lowest BCUT2D eigenvalue weighted by molar-refractivity contribution is 0.0179. The van der Waals surface area contributed by atoms with Gasteiger partial charge in [0.25, 0.3) is 0 Å². The number of aromatic nitrogens is 1. The lowest BCUT2D eigenvalue weighted by Crippen LogP contribution is -2.53. The normalized spacial score (nSPS) is 21.3. The van der Waals surface area contributed by atoms with Gasteiger partial charge < -0.3 is 9.72 Å². The molecule has 2 aliphatic rings. The summed E-state index contributed by atoms with van der Waals surface area (Å²) in [6.07, 6.45) is 0.500. The number of para-hydroxylation sites is 1. The maximum absolute atomic E-state index is 15.7. The number of H-pyrrole nitrogens is 1. The molecule has 5 rings (SSSR count). The highest BCUT2D eigenvalue weighted by molar-refractivity contribution is 5.85. The van der Waals surface area contributed by atoms with Gasteiger partial charge in [-0.15, -0.1) is 0 Å². The van der Waals surface area contributed by atoms with Gasteiger partial charge >= 0.3 is 0 Å². The van der Waals surface area contributed by atoms with E-state index in [0.29, 0.717) is 38.2 Å². The predicted octanol–water partition coefficient (Wildman–Crippen LogP) is 5.90. The zero-order chi connectivity index (χ0) is 26.3. The largest absolute Gasteiger partial charge is 0.488 e. The summed E-state index contributed by atoms with van der Waals surface area (Å²) in [4.78, 5) is 6.83. The lowest BCUT2D eigenvalue weighted by atomic mass is 9.87. The summed E-state index contributed by atoms with van der Waals surface area (Å²) in [6.45, 7) is 3.11. The number of aromatic amines is 1. The highest BCUT2D eigenvalue weighted by Gasteiger charge is 2.42. The van der Waals surface area contributed by atoms with Crippen LogP contribution in [0.4, 0.5) is 22.0 Å². The maximum atomic E-state index is 15.7. The second-order valence-corrected chi connectivity index (χ2v) is 10.7. The molecule has 1 N–H and O–H groups in total. The maximum Gasteiger partial charge on any atom is 0.135 e. The highest BCUT2D eigenvalue weighted by Crippen LogP contribution is 2.44. The van der Waals surface area contributed by atoms with Gasteiger partial charge in [0, 0.05) is 66.5 Å². The van der Waals surface area contributed by atoms with Crippen molar-refractivity contribution in [2.24, 2.45) is 0 Å². The van der Waals surface area contributed by atoms with E-state index >= 15 is 8.78 Å². The number of ether oxygens (including phenoxy) is 1. The van der Waals surface area contributed by atoms with E-state index in [4.69, 9.17) is 4.74 Å². The van der Waals surface area contributed by atoms with Crippen molar-refractivity contribution >= 4 is 10.9 Å². The molecule has 2 aromatic carbocycles. The van der Waals surface area contributed by atoms with E-state index in [2.05, 4.69) is 4.98 Å². The Bertz CT molecular complexity index is 1230. The fraction of sp³-hybridized carbons (Fsp3) is 0.500. The molecule has 0 amide bonds. The Hall–Kier alpha value is -2.65. The van der Waals surface area contributed by atoms with Crippen LogP contribution in [0.25, 0.3) is 10.9 Å². The molecule has 3 aromatic rings. The fourth-order valence-corrected chi connectivity index (χ4v) is 5.66. The minimum atomic E-state index is -1.72. The molecular weight excluding hydrogens is 489 g/mol. The molecular formula is C28H32F5N3O. The van der Waals surface area contributed by atoms with Crippen LogP contribution in [-0.2, 0) is 6.42 Å². The average molecular weight is 522 g/mol. The summed E-state index contributed by atoms with van der Waals surface area (Å²) in [6, 6.07) is 7.96. The van der Waals surface area contributed by atoms with Crippen molar-refractivity contribution in [1.29, 1.82) is 0 Å². The first-order chi connectivity index (χ1) is 17.7. The van der Waals surface area contributed by atoms with Gasteiger partial charge in [-0.3, -0.25) is 14.2 Å². The van der Waals surface area contributed by atoms with Crippen LogP contribution in [0, 0.1) is 11.6 Å². The first kappa shape index (κ1) is 26.0. The first-order valence-electron chi connectivity index (χ1n) is 12.7. The van der Waals surface area contributed by atoms with E-state index in [1.54, 1.807) is 0 Å². The highest BCUT2D eigenvalue weighted by atomic mass is 19.1. The van der Waals surface area contributed by atoms with E-state index in [9.17, 15) is 13.2 Å². The second-order valence-electron chi connectivity index (χ2n) is 10.7. The molecule has 0 saturated carbocycles. The molecule has 2 atom stereocenters. The number of nitrogens with zero attached hydrogens (tertiary/aromatic N) is 2. The minimum absolute atomic E-state index is 0.0565. The Balaban J connectivity index is 1.51. The third-order valence-corrected chi connectivity index (χ3v) is 7.26. The van der Waals surface area contributed by atoms with Crippen LogP contribution in [0.15, 0.2) is 36.4 Å². The van der Waals surface area contributed by atoms with Gasteiger partial charge in [-0.2, -0.15) is 0 Å². The third-order valence-electron chi connectivity index (χ3n) is 7.26. The zero-order valence-electron chi connectivity index (χ0n) is 21.0. The number of rotatable bonds is 9. The van der Waals surface area contributed by atoms with Crippen LogP contribution in [0.5, 0.6) is 5.75 Å². The minimum Gasteiger partial charge on any atom is -0.488 e.